The fourth-order valence-corrected chi connectivity index (χ4v) is 6.08. The number of hydrogen-bond acceptors (Lipinski definition) is 7. The van der Waals surface area contributed by atoms with E-state index >= 15 is 0 Å². The Bertz CT molecular complexity index is 1440. The highest BCUT2D eigenvalue weighted by Gasteiger charge is 2.39. The molecule has 0 saturated heterocycles. The Morgan fingerprint density at radius 3 is 2.82 bits per heavy atom. The number of nitrogens with zero attached hydrogens (tertiary/aromatic N) is 3. The van der Waals surface area contributed by atoms with Crippen LogP contribution < -0.4 is 16.2 Å². The van der Waals surface area contributed by atoms with Crippen molar-refractivity contribution in [2.45, 2.75) is 31.1 Å². The molecule has 3 heterocycles. The second kappa shape index (κ2) is 8.14. The van der Waals surface area contributed by atoms with Gasteiger partial charge in [-0.1, -0.05) is 0 Å². The van der Waals surface area contributed by atoms with Crippen molar-refractivity contribution >= 4 is 34.4 Å². The zero-order valence-corrected chi connectivity index (χ0v) is 18.7. The highest BCUT2D eigenvalue weighted by molar-refractivity contribution is 7.14. The zero-order chi connectivity index (χ0) is 23.2. The Kier molecular flexibility index (Phi) is 4.95. The first-order valence-electron chi connectivity index (χ1n) is 10.9. The summed E-state index contributed by atoms with van der Waals surface area (Å²) < 4.78 is 14.6. The molecule has 34 heavy (non-hydrogen) atoms. The lowest BCUT2D eigenvalue weighted by Gasteiger charge is -2.09. The number of carbonyl (C=O) groups excluding carboxylic acids is 1. The average Bonchev–Trinajstić information content (AvgIpc) is 3.57. The number of hydrogen-bond donors (Lipinski definition) is 3. The second-order valence-corrected chi connectivity index (χ2v) is 9.59. The molecular formula is C24H19FN6O2S. The fourth-order valence-electron chi connectivity index (χ4n) is 4.78. The molecule has 0 radical (unpaired) electrons. The van der Waals surface area contributed by atoms with E-state index in [9.17, 15) is 14.0 Å². The van der Waals surface area contributed by atoms with Crippen LogP contribution in [-0.4, -0.2) is 26.1 Å². The van der Waals surface area contributed by atoms with Gasteiger partial charge in [0.05, 0.1) is 16.3 Å². The number of rotatable bonds is 5. The molecule has 2 aliphatic carbocycles. The number of carbonyl (C=O) groups is 1. The van der Waals surface area contributed by atoms with Crippen LogP contribution in [0, 0.1) is 5.82 Å². The van der Waals surface area contributed by atoms with Gasteiger partial charge in [0.15, 0.2) is 0 Å². The molecule has 8 nitrogen and oxygen atoms in total. The smallest absolute Gasteiger partial charge is 0.287 e. The summed E-state index contributed by atoms with van der Waals surface area (Å²) in [5.74, 6) is 0.707. The molecule has 0 unspecified atom stereocenters. The number of H-pyrrole nitrogens is 1. The molecule has 10 heteroatoms. The first kappa shape index (κ1) is 20.7. The standard InChI is InChI=1S/C24H19FN6O2S/c25-16-4-3-13(17-10-19(23(32)31-30-17)28-21-5-6-26-11-27-21)8-18(16)29-24(33)20-9-15-12-1-2-14(7-12)22(15)34-20/h3-6,8-12,14H,1-2,7H2,(H,29,33)(H,31,32)(H,26,27,28,30)/t12-,14+/m1/s1. The number of amides is 1. The Balaban J connectivity index is 1.26. The summed E-state index contributed by atoms with van der Waals surface area (Å²) in [6, 6.07) is 9.44. The SMILES string of the molecule is O=C(Nc1cc(-c2cc(Nc3ccncn3)c(=O)[nH]n2)ccc1F)c1cc2c(s1)[C@H]1CC[C@@H]2C1. The number of aromatic amines is 1. The highest BCUT2D eigenvalue weighted by Crippen LogP contribution is 2.55. The first-order valence-corrected chi connectivity index (χ1v) is 11.7. The number of nitrogens with one attached hydrogen (secondary N) is 3. The van der Waals surface area contributed by atoms with Crippen molar-refractivity contribution in [1.29, 1.82) is 0 Å². The van der Waals surface area contributed by atoms with Crippen molar-refractivity contribution in [1.82, 2.24) is 20.2 Å². The van der Waals surface area contributed by atoms with E-state index in [1.165, 1.54) is 65.6 Å². The van der Waals surface area contributed by atoms with Gasteiger partial charge in [0.25, 0.3) is 11.5 Å². The summed E-state index contributed by atoms with van der Waals surface area (Å²) >= 11 is 1.52. The molecule has 1 fully saturated rings. The summed E-state index contributed by atoms with van der Waals surface area (Å²) in [4.78, 5) is 34.9. The average molecular weight is 475 g/mol. The van der Waals surface area contributed by atoms with E-state index in [0.29, 0.717) is 33.8 Å². The van der Waals surface area contributed by atoms with Gasteiger partial charge in [-0.05, 0) is 73.1 Å². The third kappa shape index (κ3) is 3.65. The lowest BCUT2D eigenvalue weighted by atomic mass is 9.99. The number of aromatic nitrogens is 4. The molecule has 3 aromatic heterocycles. The van der Waals surface area contributed by atoms with Crippen LogP contribution in [0.1, 0.15) is 51.2 Å². The van der Waals surface area contributed by atoms with E-state index in [2.05, 4.69) is 30.8 Å². The van der Waals surface area contributed by atoms with Crippen molar-refractivity contribution in [2.24, 2.45) is 0 Å². The number of anilines is 3. The third-order valence-electron chi connectivity index (χ3n) is 6.42. The molecule has 0 spiro atoms. The van der Waals surface area contributed by atoms with Crippen molar-refractivity contribution in [3.63, 3.8) is 0 Å². The van der Waals surface area contributed by atoms with Gasteiger partial charge in [0.1, 0.15) is 23.6 Å². The lowest BCUT2D eigenvalue weighted by molar-refractivity contribution is 0.103. The van der Waals surface area contributed by atoms with Gasteiger partial charge < -0.3 is 10.6 Å². The van der Waals surface area contributed by atoms with E-state index < -0.39 is 11.4 Å². The predicted molar refractivity (Wildman–Crippen MR) is 127 cm³/mol. The summed E-state index contributed by atoms with van der Waals surface area (Å²) in [5.41, 5.74) is 2.07. The van der Waals surface area contributed by atoms with E-state index in [4.69, 9.17) is 0 Å². The highest BCUT2D eigenvalue weighted by atomic mass is 32.1. The van der Waals surface area contributed by atoms with Crippen LogP contribution in [0.2, 0.25) is 0 Å². The minimum Gasteiger partial charge on any atom is -0.336 e. The Hall–Kier alpha value is -3.92. The molecule has 0 aliphatic heterocycles. The molecule has 4 aromatic rings. The molecule has 1 amide bonds. The fraction of sp³-hybridized carbons (Fsp3) is 0.208. The Morgan fingerprint density at radius 2 is 2.00 bits per heavy atom. The summed E-state index contributed by atoms with van der Waals surface area (Å²) in [7, 11) is 0. The van der Waals surface area contributed by atoms with Gasteiger partial charge in [-0.25, -0.2) is 19.5 Å². The third-order valence-corrected chi connectivity index (χ3v) is 7.73. The van der Waals surface area contributed by atoms with Crippen LogP contribution in [0.5, 0.6) is 0 Å². The minimum atomic E-state index is -0.551. The summed E-state index contributed by atoms with van der Waals surface area (Å²) in [5, 5.41) is 12.1. The van der Waals surface area contributed by atoms with Crippen molar-refractivity contribution in [3.05, 3.63) is 80.4 Å². The number of thiophene rings is 1. The molecular weight excluding hydrogens is 455 g/mol. The second-order valence-electron chi connectivity index (χ2n) is 8.50. The molecule has 2 atom stereocenters. The van der Waals surface area contributed by atoms with Crippen LogP contribution in [0.25, 0.3) is 11.3 Å². The molecule has 6 rings (SSSR count). The summed E-state index contributed by atoms with van der Waals surface area (Å²) in [6.45, 7) is 0. The molecule has 1 aromatic carbocycles. The number of benzene rings is 1. The van der Waals surface area contributed by atoms with Gasteiger partial charge in [0.2, 0.25) is 0 Å². The molecule has 1 saturated carbocycles. The van der Waals surface area contributed by atoms with Crippen LogP contribution in [0.3, 0.4) is 0 Å². The zero-order valence-electron chi connectivity index (χ0n) is 17.8. The maximum atomic E-state index is 14.6. The van der Waals surface area contributed by atoms with Gasteiger partial charge in [-0.15, -0.1) is 11.3 Å². The van der Waals surface area contributed by atoms with Crippen LogP contribution in [-0.2, 0) is 0 Å². The lowest BCUT2D eigenvalue weighted by Crippen LogP contribution is -2.14. The molecule has 170 valence electrons. The topological polar surface area (TPSA) is 113 Å². The molecule has 2 aliphatic rings. The van der Waals surface area contributed by atoms with E-state index in [1.54, 1.807) is 18.3 Å². The monoisotopic (exact) mass is 474 g/mol. The number of fused-ring (bicyclic) bond motifs is 5. The normalized spacial score (nSPS) is 18.0. The maximum Gasteiger partial charge on any atom is 0.287 e. The van der Waals surface area contributed by atoms with Gasteiger partial charge in [-0.3, -0.25) is 9.59 Å². The molecule has 3 N–H and O–H groups in total. The van der Waals surface area contributed by atoms with Crippen molar-refractivity contribution < 1.29 is 9.18 Å². The largest absolute Gasteiger partial charge is 0.336 e. The van der Waals surface area contributed by atoms with Gasteiger partial charge >= 0.3 is 0 Å². The van der Waals surface area contributed by atoms with Crippen LogP contribution >= 0.6 is 11.3 Å². The molecule has 2 bridgehead atoms. The quantitative estimate of drug-likeness (QED) is 0.383. The van der Waals surface area contributed by atoms with E-state index in [0.717, 1.165) is 0 Å². The Labute approximate surface area is 197 Å². The van der Waals surface area contributed by atoms with E-state index in [1.807, 2.05) is 6.07 Å². The van der Waals surface area contributed by atoms with Crippen molar-refractivity contribution in [2.75, 3.05) is 10.6 Å². The van der Waals surface area contributed by atoms with Crippen molar-refractivity contribution in [3.8, 4) is 11.3 Å². The Morgan fingerprint density at radius 1 is 1.12 bits per heavy atom. The first-order chi connectivity index (χ1) is 16.5. The maximum absolute atomic E-state index is 14.6. The van der Waals surface area contributed by atoms with Gasteiger partial charge in [0, 0.05) is 16.6 Å². The van der Waals surface area contributed by atoms with Crippen LogP contribution in [0.4, 0.5) is 21.6 Å². The van der Waals surface area contributed by atoms with E-state index in [-0.39, 0.29) is 17.3 Å². The summed E-state index contributed by atoms with van der Waals surface area (Å²) in [6.07, 6.45) is 6.48. The van der Waals surface area contributed by atoms with Gasteiger partial charge in [-0.2, -0.15) is 5.10 Å². The predicted octanol–water partition coefficient (Wildman–Crippen LogP) is 4.79. The number of halogens is 1. The van der Waals surface area contributed by atoms with Crippen LogP contribution in [0.15, 0.2) is 53.7 Å². The minimum absolute atomic E-state index is 0.0531.